The molecule has 7 nitrogen and oxygen atoms in total. The van der Waals surface area contributed by atoms with Gasteiger partial charge in [-0.1, -0.05) is 6.07 Å². The molecule has 1 spiro atoms. The van der Waals surface area contributed by atoms with E-state index >= 15 is 0 Å². The van der Waals surface area contributed by atoms with Gasteiger partial charge in [0.05, 0.1) is 17.6 Å². The van der Waals surface area contributed by atoms with Crippen LogP contribution in [-0.2, 0) is 13.6 Å². The Morgan fingerprint density at radius 3 is 2.52 bits per heavy atom. The van der Waals surface area contributed by atoms with E-state index < -0.39 is 0 Å². The predicted molar refractivity (Wildman–Crippen MR) is 122 cm³/mol. The molecule has 3 aromatic rings. The van der Waals surface area contributed by atoms with Crippen molar-refractivity contribution in [2.24, 2.45) is 12.5 Å². The van der Waals surface area contributed by atoms with Crippen LogP contribution in [0.2, 0.25) is 0 Å². The molecule has 31 heavy (non-hydrogen) atoms. The first kappa shape index (κ1) is 20.1. The molecule has 4 heterocycles. The van der Waals surface area contributed by atoms with Crippen LogP contribution < -0.4 is 5.32 Å². The van der Waals surface area contributed by atoms with Gasteiger partial charge in [0.15, 0.2) is 0 Å². The van der Waals surface area contributed by atoms with Gasteiger partial charge in [0.1, 0.15) is 11.5 Å². The minimum atomic E-state index is 0.503. The molecule has 0 amide bonds. The Bertz CT molecular complexity index is 1020. The maximum atomic E-state index is 4.56. The number of rotatable bonds is 5. The Balaban J connectivity index is 1.12. The van der Waals surface area contributed by atoms with Crippen LogP contribution in [0.1, 0.15) is 42.5 Å². The SMILES string of the molecule is Cc1cccnc1CN1CCC2(CC1)CC(Nc1ccc(-c3c(C)cnn3C)nn1)C2. The fourth-order valence-electron chi connectivity index (χ4n) is 5.24. The molecule has 0 radical (unpaired) electrons. The lowest BCUT2D eigenvalue weighted by Gasteiger charge is -2.52. The lowest BCUT2D eigenvalue weighted by Crippen LogP contribution is -2.51. The summed E-state index contributed by atoms with van der Waals surface area (Å²) in [5.41, 5.74) is 6.02. The summed E-state index contributed by atoms with van der Waals surface area (Å²) in [6.07, 6.45) is 8.79. The van der Waals surface area contributed by atoms with E-state index in [2.05, 4.69) is 43.5 Å². The standard InChI is InChI=1S/C24H31N7/c1-17-5-4-10-25-21(17)16-31-11-8-24(9-12-31)13-19(14-24)27-22-7-6-20(28-29-22)23-18(2)15-26-30(23)3/h4-7,10,15,19H,8-9,11-14,16H2,1-3H3,(H,27,29). The van der Waals surface area contributed by atoms with Gasteiger partial charge in [-0.3, -0.25) is 14.6 Å². The van der Waals surface area contributed by atoms with Crippen molar-refractivity contribution >= 4 is 5.82 Å². The number of nitrogens with one attached hydrogen (secondary N) is 1. The Morgan fingerprint density at radius 2 is 1.87 bits per heavy atom. The molecule has 1 saturated carbocycles. The fraction of sp³-hybridized carbons (Fsp3) is 0.500. The van der Waals surface area contributed by atoms with Gasteiger partial charge >= 0.3 is 0 Å². The Hall–Kier alpha value is -2.80. The molecule has 2 aliphatic rings. The molecule has 1 aliphatic carbocycles. The zero-order valence-corrected chi connectivity index (χ0v) is 18.7. The van der Waals surface area contributed by atoms with Crippen LogP contribution >= 0.6 is 0 Å². The first-order valence-corrected chi connectivity index (χ1v) is 11.2. The highest BCUT2D eigenvalue weighted by molar-refractivity contribution is 5.59. The second-order valence-electron chi connectivity index (χ2n) is 9.40. The van der Waals surface area contributed by atoms with Gasteiger partial charge in [0.25, 0.3) is 0 Å². The van der Waals surface area contributed by atoms with Gasteiger partial charge in [0, 0.05) is 25.8 Å². The summed E-state index contributed by atoms with van der Waals surface area (Å²) in [5, 5.41) is 16.7. The monoisotopic (exact) mass is 417 g/mol. The third-order valence-corrected chi connectivity index (χ3v) is 7.15. The number of aromatic nitrogens is 5. The summed E-state index contributed by atoms with van der Waals surface area (Å²) >= 11 is 0. The quantitative estimate of drug-likeness (QED) is 0.682. The van der Waals surface area contributed by atoms with Gasteiger partial charge in [-0.05, 0) is 87.4 Å². The lowest BCUT2D eigenvalue weighted by molar-refractivity contribution is 0.0205. The first-order valence-electron chi connectivity index (χ1n) is 11.2. The molecule has 5 rings (SSSR count). The van der Waals surface area contributed by atoms with Crippen molar-refractivity contribution in [3.05, 3.63) is 53.5 Å². The van der Waals surface area contributed by atoms with Crippen LogP contribution in [0, 0.1) is 19.3 Å². The second kappa shape index (κ2) is 8.04. The Labute approximate surface area is 183 Å². The molecule has 2 fully saturated rings. The zero-order chi connectivity index (χ0) is 21.4. The molecule has 162 valence electrons. The number of pyridine rings is 1. The van der Waals surface area contributed by atoms with Gasteiger partial charge in [-0.25, -0.2) is 0 Å². The molecule has 0 aromatic carbocycles. The third-order valence-electron chi connectivity index (χ3n) is 7.15. The minimum Gasteiger partial charge on any atom is -0.366 e. The highest BCUT2D eigenvalue weighted by atomic mass is 15.3. The maximum Gasteiger partial charge on any atom is 0.148 e. The third kappa shape index (κ3) is 4.06. The van der Waals surface area contributed by atoms with Crippen molar-refractivity contribution in [3.8, 4) is 11.4 Å². The molecular weight excluding hydrogens is 386 g/mol. The summed E-state index contributed by atoms with van der Waals surface area (Å²) in [6.45, 7) is 7.52. The van der Waals surface area contributed by atoms with Crippen LogP contribution in [0.4, 0.5) is 5.82 Å². The van der Waals surface area contributed by atoms with E-state index in [9.17, 15) is 0 Å². The van der Waals surface area contributed by atoms with Crippen molar-refractivity contribution in [1.29, 1.82) is 0 Å². The van der Waals surface area contributed by atoms with Crippen LogP contribution in [-0.4, -0.2) is 49.0 Å². The average Bonchev–Trinajstić information content (AvgIpc) is 3.09. The minimum absolute atomic E-state index is 0.503. The van der Waals surface area contributed by atoms with Gasteiger partial charge in [0.2, 0.25) is 0 Å². The summed E-state index contributed by atoms with van der Waals surface area (Å²) in [5.74, 6) is 0.867. The highest BCUT2D eigenvalue weighted by Gasteiger charge is 2.45. The van der Waals surface area contributed by atoms with E-state index in [1.165, 1.54) is 50.0 Å². The summed E-state index contributed by atoms with van der Waals surface area (Å²) in [4.78, 5) is 7.13. The topological polar surface area (TPSA) is 71.8 Å². The summed E-state index contributed by atoms with van der Waals surface area (Å²) in [6, 6.07) is 8.75. The molecule has 0 unspecified atom stereocenters. The number of piperidine rings is 1. The normalized spacial score (nSPS) is 18.8. The smallest absolute Gasteiger partial charge is 0.148 e. The Kier molecular flexibility index (Phi) is 5.22. The van der Waals surface area contributed by atoms with Crippen molar-refractivity contribution in [2.45, 2.75) is 52.1 Å². The van der Waals surface area contributed by atoms with Crippen LogP contribution in [0.5, 0.6) is 0 Å². The van der Waals surface area contributed by atoms with Crippen molar-refractivity contribution in [1.82, 2.24) is 29.9 Å². The largest absolute Gasteiger partial charge is 0.366 e. The average molecular weight is 418 g/mol. The Morgan fingerprint density at radius 1 is 1.06 bits per heavy atom. The number of anilines is 1. The summed E-state index contributed by atoms with van der Waals surface area (Å²) in [7, 11) is 1.94. The lowest BCUT2D eigenvalue weighted by atomic mass is 9.60. The van der Waals surface area contributed by atoms with Crippen LogP contribution in [0.3, 0.4) is 0 Å². The number of nitrogens with zero attached hydrogens (tertiary/aromatic N) is 6. The molecule has 1 aliphatic heterocycles. The summed E-state index contributed by atoms with van der Waals surface area (Å²) < 4.78 is 1.85. The van der Waals surface area contributed by atoms with Crippen molar-refractivity contribution in [3.63, 3.8) is 0 Å². The van der Waals surface area contributed by atoms with E-state index in [0.29, 0.717) is 11.5 Å². The van der Waals surface area contributed by atoms with Crippen LogP contribution in [0.15, 0.2) is 36.7 Å². The van der Waals surface area contributed by atoms with Crippen LogP contribution in [0.25, 0.3) is 11.4 Å². The molecule has 0 atom stereocenters. The number of likely N-dealkylation sites (tertiary alicyclic amines) is 1. The van der Waals surface area contributed by atoms with Crippen molar-refractivity contribution < 1.29 is 0 Å². The van der Waals surface area contributed by atoms with Crippen molar-refractivity contribution in [2.75, 3.05) is 18.4 Å². The highest BCUT2D eigenvalue weighted by Crippen LogP contribution is 2.50. The predicted octanol–water partition coefficient (Wildman–Crippen LogP) is 3.75. The molecular formula is C24H31N7. The number of hydrogen-bond donors (Lipinski definition) is 1. The molecule has 1 saturated heterocycles. The number of hydrogen-bond acceptors (Lipinski definition) is 6. The van der Waals surface area contributed by atoms with Gasteiger partial charge in [-0.2, -0.15) is 5.10 Å². The first-order chi connectivity index (χ1) is 15.0. The van der Waals surface area contributed by atoms with E-state index in [0.717, 1.165) is 29.3 Å². The van der Waals surface area contributed by atoms with Gasteiger partial charge in [-0.15, -0.1) is 10.2 Å². The second-order valence-corrected chi connectivity index (χ2v) is 9.40. The van der Waals surface area contributed by atoms with Gasteiger partial charge < -0.3 is 5.32 Å². The number of aryl methyl sites for hydroxylation is 3. The zero-order valence-electron chi connectivity index (χ0n) is 18.7. The molecule has 1 N–H and O–H groups in total. The molecule has 3 aromatic heterocycles. The fourth-order valence-corrected chi connectivity index (χ4v) is 5.24. The van der Waals surface area contributed by atoms with E-state index in [-0.39, 0.29) is 0 Å². The van der Waals surface area contributed by atoms with E-state index in [4.69, 9.17) is 0 Å². The van der Waals surface area contributed by atoms with E-state index in [1.54, 1.807) is 0 Å². The van der Waals surface area contributed by atoms with E-state index in [1.807, 2.05) is 49.2 Å². The molecule has 0 bridgehead atoms. The maximum absolute atomic E-state index is 4.56. The molecule has 7 heteroatoms.